The highest BCUT2D eigenvalue weighted by molar-refractivity contribution is 7.87. The summed E-state index contributed by atoms with van der Waals surface area (Å²) in [4.78, 5) is 11.1. The van der Waals surface area contributed by atoms with E-state index in [-0.39, 0.29) is 6.42 Å². The molecule has 0 aliphatic carbocycles. The van der Waals surface area contributed by atoms with Gasteiger partial charge in [0.25, 0.3) is 16.0 Å². The van der Waals surface area contributed by atoms with E-state index in [0.29, 0.717) is 0 Å². The molecule has 0 aromatic rings. The second-order valence-corrected chi connectivity index (χ2v) is 4.38. The molecule has 0 bridgehead atoms. The smallest absolute Gasteiger partial charge is 0.276 e. The van der Waals surface area contributed by atoms with E-state index in [2.05, 4.69) is 5.43 Å². The van der Waals surface area contributed by atoms with Gasteiger partial charge in [0.2, 0.25) is 0 Å². The Kier molecular flexibility index (Phi) is 4.31. The van der Waals surface area contributed by atoms with Gasteiger partial charge in [0.1, 0.15) is 0 Å². The van der Waals surface area contributed by atoms with Gasteiger partial charge in [-0.1, -0.05) is 6.92 Å². The Labute approximate surface area is 77.6 Å². The molecule has 0 saturated carbocycles. The van der Waals surface area contributed by atoms with Crippen molar-refractivity contribution >= 4 is 16.0 Å². The Balaban J connectivity index is 4.52. The standard InChI is InChI=1S/C6H14N2O4S/c1-4-5(13(10,11)12)6(9)7-8(2)3/h5H,4H2,1-3H3,(H,7,9)(H,10,11,12). The van der Waals surface area contributed by atoms with E-state index in [9.17, 15) is 13.2 Å². The maximum absolute atomic E-state index is 11.1. The summed E-state index contributed by atoms with van der Waals surface area (Å²) in [5.41, 5.74) is 2.26. The first-order valence-electron chi connectivity index (χ1n) is 3.73. The summed E-state index contributed by atoms with van der Waals surface area (Å²) in [5.74, 6) is -0.727. The molecule has 6 nitrogen and oxygen atoms in total. The number of amides is 1. The van der Waals surface area contributed by atoms with Crippen LogP contribution in [0.15, 0.2) is 0 Å². The molecule has 1 amide bonds. The van der Waals surface area contributed by atoms with E-state index in [0.717, 1.165) is 0 Å². The first-order valence-corrected chi connectivity index (χ1v) is 5.23. The van der Waals surface area contributed by atoms with Crippen LogP contribution in [0.4, 0.5) is 0 Å². The molecular formula is C6H14N2O4S. The molecule has 13 heavy (non-hydrogen) atoms. The first-order chi connectivity index (χ1) is 5.79. The molecule has 0 fully saturated rings. The van der Waals surface area contributed by atoms with Crippen molar-refractivity contribution in [1.29, 1.82) is 0 Å². The van der Waals surface area contributed by atoms with Gasteiger partial charge < -0.3 is 0 Å². The molecule has 0 rings (SSSR count). The van der Waals surface area contributed by atoms with E-state index in [1.165, 1.54) is 11.9 Å². The number of rotatable bonds is 4. The highest BCUT2D eigenvalue weighted by Gasteiger charge is 2.29. The minimum Gasteiger partial charge on any atom is -0.288 e. The molecule has 0 aromatic heterocycles. The van der Waals surface area contributed by atoms with E-state index in [1.54, 1.807) is 14.1 Å². The molecular weight excluding hydrogens is 196 g/mol. The molecule has 7 heteroatoms. The van der Waals surface area contributed by atoms with Gasteiger partial charge >= 0.3 is 0 Å². The van der Waals surface area contributed by atoms with Crippen molar-refractivity contribution in [2.45, 2.75) is 18.6 Å². The summed E-state index contributed by atoms with van der Waals surface area (Å²) >= 11 is 0. The number of hydrazine groups is 1. The number of hydrogen-bond donors (Lipinski definition) is 2. The molecule has 0 heterocycles. The van der Waals surface area contributed by atoms with Crippen LogP contribution in [-0.2, 0) is 14.9 Å². The monoisotopic (exact) mass is 210 g/mol. The van der Waals surface area contributed by atoms with Gasteiger partial charge in [-0.3, -0.25) is 14.8 Å². The van der Waals surface area contributed by atoms with Gasteiger partial charge in [0.15, 0.2) is 5.25 Å². The molecule has 2 N–H and O–H groups in total. The molecule has 0 radical (unpaired) electrons. The maximum atomic E-state index is 11.1. The second kappa shape index (κ2) is 4.54. The quantitative estimate of drug-likeness (QED) is 0.471. The minimum absolute atomic E-state index is 0.0402. The lowest BCUT2D eigenvalue weighted by atomic mass is 10.3. The largest absolute Gasteiger partial charge is 0.288 e. The fraction of sp³-hybridized carbons (Fsp3) is 0.833. The van der Waals surface area contributed by atoms with Crippen LogP contribution >= 0.6 is 0 Å². The lowest BCUT2D eigenvalue weighted by molar-refractivity contribution is -0.124. The van der Waals surface area contributed by atoms with E-state index in [4.69, 9.17) is 4.55 Å². The van der Waals surface area contributed by atoms with Gasteiger partial charge in [0.05, 0.1) is 0 Å². The van der Waals surface area contributed by atoms with Gasteiger partial charge in [-0.05, 0) is 6.42 Å². The van der Waals surface area contributed by atoms with Crippen LogP contribution in [0.25, 0.3) is 0 Å². The summed E-state index contributed by atoms with van der Waals surface area (Å²) in [6.07, 6.45) is 0.0402. The normalized spacial score (nSPS) is 14.2. The predicted octanol–water partition coefficient (Wildman–Crippen LogP) is -0.754. The highest BCUT2D eigenvalue weighted by Crippen LogP contribution is 2.03. The molecule has 0 spiro atoms. The average Bonchev–Trinajstić information content (AvgIpc) is 1.82. The Morgan fingerprint density at radius 3 is 2.23 bits per heavy atom. The molecule has 0 aliphatic heterocycles. The van der Waals surface area contributed by atoms with Gasteiger partial charge in [0, 0.05) is 14.1 Å². The fourth-order valence-corrected chi connectivity index (χ4v) is 1.57. The summed E-state index contributed by atoms with van der Waals surface area (Å²) < 4.78 is 30.0. The number of nitrogens with zero attached hydrogens (tertiary/aromatic N) is 1. The number of carbonyl (C=O) groups is 1. The average molecular weight is 210 g/mol. The lowest BCUT2D eigenvalue weighted by Crippen LogP contribution is -2.45. The van der Waals surface area contributed by atoms with Crippen LogP contribution in [-0.4, -0.2) is 43.2 Å². The SMILES string of the molecule is CCC(C(=O)NN(C)C)S(=O)(=O)O. The summed E-state index contributed by atoms with van der Waals surface area (Å²) in [6, 6.07) is 0. The zero-order valence-electron chi connectivity index (χ0n) is 7.81. The summed E-state index contributed by atoms with van der Waals surface area (Å²) in [7, 11) is -1.20. The van der Waals surface area contributed by atoms with Crippen LogP contribution in [0.1, 0.15) is 13.3 Å². The van der Waals surface area contributed by atoms with Crippen molar-refractivity contribution in [2.24, 2.45) is 0 Å². The van der Waals surface area contributed by atoms with Gasteiger partial charge in [-0.25, -0.2) is 5.01 Å². The summed E-state index contributed by atoms with van der Waals surface area (Å²) in [6.45, 7) is 1.51. The minimum atomic E-state index is -4.30. The third kappa shape index (κ3) is 4.20. The van der Waals surface area contributed by atoms with Crippen LogP contribution < -0.4 is 5.43 Å². The van der Waals surface area contributed by atoms with Crippen molar-refractivity contribution in [1.82, 2.24) is 10.4 Å². The van der Waals surface area contributed by atoms with E-state index >= 15 is 0 Å². The number of hydrogen-bond acceptors (Lipinski definition) is 4. The van der Waals surface area contributed by atoms with Crippen LogP contribution in [0.5, 0.6) is 0 Å². The second-order valence-electron chi connectivity index (χ2n) is 2.78. The zero-order chi connectivity index (χ0) is 10.6. The third-order valence-electron chi connectivity index (χ3n) is 1.36. The Morgan fingerprint density at radius 1 is 1.54 bits per heavy atom. The Morgan fingerprint density at radius 2 is 2.00 bits per heavy atom. The maximum Gasteiger partial charge on any atom is 0.276 e. The third-order valence-corrected chi connectivity index (χ3v) is 2.62. The molecule has 0 aromatic carbocycles. The predicted molar refractivity (Wildman–Crippen MR) is 47.5 cm³/mol. The van der Waals surface area contributed by atoms with Crippen molar-refractivity contribution in [3.8, 4) is 0 Å². The molecule has 0 aliphatic rings. The molecule has 1 unspecified atom stereocenters. The van der Waals surface area contributed by atoms with E-state index < -0.39 is 21.3 Å². The first kappa shape index (κ1) is 12.3. The van der Waals surface area contributed by atoms with Crippen molar-refractivity contribution in [2.75, 3.05) is 14.1 Å². The number of carbonyl (C=O) groups excluding carboxylic acids is 1. The number of nitrogens with one attached hydrogen (secondary N) is 1. The molecule has 78 valence electrons. The Hall–Kier alpha value is -0.660. The summed E-state index contributed by atoms with van der Waals surface area (Å²) in [5, 5.41) is -0.0780. The fourth-order valence-electron chi connectivity index (χ4n) is 0.824. The molecule has 0 saturated heterocycles. The molecule has 1 atom stereocenters. The van der Waals surface area contributed by atoms with Gasteiger partial charge in [-0.2, -0.15) is 8.42 Å². The topological polar surface area (TPSA) is 86.7 Å². The highest BCUT2D eigenvalue weighted by atomic mass is 32.2. The van der Waals surface area contributed by atoms with Crippen molar-refractivity contribution < 1.29 is 17.8 Å². The Bertz CT molecular complexity index is 272. The van der Waals surface area contributed by atoms with Crippen LogP contribution in [0.2, 0.25) is 0 Å². The zero-order valence-corrected chi connectivity index (χ0v) is 8.63. The lowest BCUT2D eigenvalue weighted by Gasteiger charge is -2.16. The van der Waals surface area contributed by atoms with Crippen molar-refractivity contribution in [3.05, 3.63) is 0 Å². The van der Waals surface area contributed by atoms with Crippen LogP contribution in [0.3, 0.4) is 0 Å². The van der Waals surface area contributed by atoms with Crippen LogP contribution in [0, 0.1) is 0 Å². The van der Waals surface area contributed by atoms with Gasteiger partial charge in [-0.15, -0.1) is 0 Å². The van der Waals surface area contributed by atoms with E-state index in [1.807, 2.05) is 0 Å². The van der Waals surface area contributed by atoms with Crippen molar-refractivity contribution in [3.63, 3.8) is 0 Å².